The molecule has 1 aliphatic rings. The molecule has 10 heteroatoms. The second-order valence-electron chi connectivity index (χ2n) is 8.26. The largest absolute Gasteiger partial charge is 0.370 e. The second kappa shape index (κ2) is 8.64. The Hall–Kier alpha value is -3.17. The van der Waals surface area contributed by atoms with Crippen LogP contribution in [0.15, 0.2) is 55.0 Å². The van der Waals surface area contributed by atoms with Gasteiger partial charge in [-0.2, -0.15) is 0 Å². The topological polar surface area (TPSA) is 111 Å². The minimum Gasteiger partial charge on any atom is -0.370 e. The van der Waals surface area contributed by atoms with Crippen LogP contribution in [0.5, 0.6) is 0 Å². The number of nitrogens with one attached hydrogen (secondary N) is 3. The Morgan fingerprint density at radius 2 is 1.94 bits per heavy atom. The van der Waals surface area contributed by atoms with E-state index < -0.39 is 9.73 Å². The fourth-order valence-corrected chi connectivity index (χ4v) is 5.51. The van der Waals surface area contributed by atoms with Crippen LogP contribution < -0.4 is 10.2 Å². The van der Waals surface area contributed by atoms with E-state index in [0.717, 1.165) is 48.1 Å². The minimum absolute atomic E-state index is 0.0314. The zero-order chi connectivity index (χ0) is 23.0. The van der Waals surface area contributed by atoms with E-state index in [2.05, 4.69) is 30.2 Å². The number of hydrogen-bond acceptors (Lipinski definition) is 7. The van der Waals surface area contributed by atoms with Gasteiger partial charge in [-0.1, -0.05) is 29.8 Å². The standard InChI is InChI=1S/C23H24ClN7OS/c1-33(25,32)16-8-10-31(11-9-16)15-6-7-21(27-12-15)29-23-28-14-19(24)22(30-23)18-13-26-20-5-3-2-4-17(18)20/h2-7,12-14,16,25-26H,8-11H2,1H3,(H,27,28,29,30). The molecule has 33 heavy (non-hydrogen) atoms. The molecule has 3 aromatic heterocycles. The van der Waals surface area contributed by atoms with E-state index in [4.69, 9.17) is 16.4 Å². The van der Waals surface area contributed by atoms with Crippen LogP contribution in [0.1, 0.15) is 12.8 Å². The van der Waals surface area contributed by atoms with E-state index in [-0.39, 0.29) is 5.25 Å². The Balaban J connectivity index is 1.32. The number of piperidine rings is 1. The highest BCUT2D eigenvalue weighted by molar-refractivity contribution is 7.92. The van der Waals surface area contributed by atoms with Crippen molar-refractivity contribution in [2.45, 2.75) is 18.1 Å². The summed E-state index contributed by atoms with van der Waals surface area (Å²) < 4.78 is 19.8. The predicted octanol–water partition coefficient (Wildman–Crippen LogP) is 5.06. The van der Waals surface area contributed by atoms with Crippen LogP contribution in [0.2, 0.25) is 5.02 Å². The normalized spacial score (nSPS) is 16.6. The van der Waals surface area contributed by atoms with E-state index in [1.807, 2.05) is 48.8 Å². The Labute approximate surface area is 197 Å². The Kier molecular flexibility index (Phi) is 5.67. The van der Waals surface area contributed by atoms with Crippen molar-refractivity contribution in [3.63, 3.8) is 0 Å². The van der Waals surface area contributed by atoms with Crippen LogP contribution in [-0.2, 0) is 9.73 Å². The summed E-state index contributed by atoms with van der Waals surface area (Å²) in [6, 6.07) is 11.9. The highest BCUT2D eigenvalue weighted by atomic mass is 35.5. The summed E-state index contributed by atoms with van der Waals surface area (Å²) >= 11 is 6.42. The average Bonchev–Trinajstić information content (AvgIpc) is 3.24. The maximum atomic E-state index is 12.0. The molecule has 4 heterocycles. The van der Waals surface area contributed by atoms with Gasteiger partial charge in [0, 0.05) is 57.0 Å². The molecule has 0 bridgehead atoms. The maximum absolute atomic E-state index is 12.0. The highest BCUT2D eigenvalue weighted by Gasteiger charge is 2.24. The molecule has 0 radical (unpaired) electrons. The van der Waals surface area contributed by atoms with E-state index >= 15 is 0 Å². The third kappa shape index (κ3) is 4.51. The van der Waals surface area contributed by atoms with Crippen LogP contribution >= 0.6 is 11.6 Å². The molecule has 1 aromatic carbocycles. The number of fused-ring (bicyclic) bond motifs is 1. The summed E-state index contributed by atoms with van der Waals surface area (Å²) in [6.45, 7) is 1.55. The molecule has 0 aliphatic carbocycles. The molecule has 3 N–H and O–H groups in total. The molecule has 5 rings (SSSR count). The lowest BCUT2D eigenvalue weighted by Gasteiger charge is -2.33. The Morgan fingerprint density at radius 3 is 2.67 bits per heavy atom. The van der Waals surface area contributed by atoms with E-state index in [1.165, 1.54) is 6.26 Å². The summed E-state index contributed by atoms with van der Waals surface area (Å²) in [5, 5.41) is 4.64. The molecule has 1 fully saturated rings. The van der Waals surface area contributed by atoms with Gasteiger partial charge in [-0.25, -0.2) is 19.2 Å². The van der Waals surface area contributed by atoms with Gasteiger partial charge >= 0.3 is 0 Å². The van der Waals surface area contributed by atoms with Gasteiger partial charge in [0.1, 0.15) is 5.82 Å². The van der Waals surface area contributed by atoms with E-state index in [1.54, 1.807) is 6.20 Å². The molecular weight excluding hydrogens is 458 g/mol. The van der Waals surface area contributed by atoms with Gasteiger partial charge in [-0.3, -0.25) is 4.78 Å². The summed E-state index contributed by atoms with van der Waals surface area (Å²) in [6.07, 6.45) is 8.35. The first-order valence-corrected chi connectivity index (χ1v) is 13.1. The highest BCUT2D eigenvalue weighted by Crippen LogP contribution is 2.32. The predicted molar refractivity (Wildman–Crippen MR) is 134 cm³/mol. The maximum Gasteiger partial charge on any atom is 0.228 e. The number of H-pyrrole nitrogens is 1. The number of aromatic amines is 1. The lowest BCUT2D eigenvalue weighted by molar-refractivity contribution is 0.567. The lowest BCUT2D eigenvalue weighted by atomic mass is 10.1. The van der Waals surface area contributed by atoms with E-state index in [0.29, 0.717) is 22.5 Å². The SMILES string of the molecule is CS(=N)(=O)C1CCN(c2ccc(Nc3ncc(Cl)c(-c4c[nH]c5ccccc45)n3)nc2)CC1. The fraction of sp³-hybridized carbons (Fsp3) is 0.261. The van der Waals surface area contributed by atoms with Crippen molar-refractivity contribution in [3.05, 3.63) is 60.0 Å². The van der Waals surface area contributed by atoms with Crippen molar-refractivity contribution in [1.82, 2.24) is 19.9 Å². The van der Waals surface area contributed by atoms with Crippen molar-refractivity contribution in [2.75, 3.05) is 29.6 Å². The number of anilines is 3. The van der Waals surface area contributed by atoms with Gasteiger partial charge in [0.2, 0.25) is 5.95 Å². The number of aromatic nitrogens is 4. The molecule has 1 atom stereocenters. The number of pyridine rings is 1. The molecule has 1 saturated heterocycles. The lowest BCUT2D eigenvalue weighted by Crippen LogP contribution is -2.38. The Morgan fingerprint density at radius 1 is 1.15 bits per heavy atom. The number of nitrogens with zero attached hydrogens (tertiary/aromatic N) is 4. The van der Waals surface area contributed by atoms with Crippen molar-refractivity contribution in [1.29, 1.82) is 4.78 Å². The first-order chi connectivity index (χ1) is 15.9. The molecule has 170 valence electrons. The van der Waals surface area contributed by atoms with Gasteiger partial charge < -0.3 is 15.2 Å². The zero-order valence-electron chi connectivity index (χ0n) is 18.1. The molecular formula is C23H24ClN7OS. The number of halogens is 1. The quantitative estimate of drug-likeness (QED) is 0.367. The summed E-state index contributed by atoms with van der Waals surface area (Å²) in [4.78, 5) is 18.9. The third-order valence-corrected chi connectivity index (χ3v) is 8.04. The van der Waals surface area contributed by atoms with Crippen LogP contribution in [-0.4, -0.2) is 48.7 Å². The number of rotatable bonds is 5. The fourth-order valence-electron chi connectivity index (χ4n) is 4.21. The summed E-state index contributed by atoms with van der Waals surface area (Å²) in [7, 11) is -2.49. The minimum atomic E-state index is -2.49. The third-order valence-electron chi connectivity index (χ3n) is 6.02. The van der Waals surface area contributed by atoms with Crippen LogP contribution in [0.4, 0.5) is 17.5 Å². The van der Waals surface area contributed by atoms with Crippen molar-refractivity contribution in [3.8, 4) is 11.3 Å². The smallest absolute Gasteiger partial charge is 0.228 e. The zero-order valence-corrected chi connectivity index (χ0v) is 19.7. The molecule has 0 saturated carbocycles. The van der Waals surface area contributed by atoms with Crippen molar-refractivity contribution in [2.24, 2.45) is 0 Å². The first kappa shape index (κ1) is 21.7. The summed E-state index contributed by atoms with van der Waals surface area (Å²) in [5.41, 5.74) is 3.58. The monoisotopic (exact) mass is 481 g/mol. The van der Waals surface area contributed by atoms with Gasteiger partial charge in [-0.05, 0) is 31.0 Å². The van der Waals surface area contributed by atoms with Gasteiger partial charge in [0.15, 0.2) is 0 Å². The van der Waals surface area contributed by atoms with Gasteiger partial charge in [0.25, 0.3) is 0 Å². The summed E-state index contributed by atoms with van der Waals surface area (Å²) in [5.74, 6) is 1.04. The number of para-hydroxylation sites is 1. The van der Waals surface area contributed by atoms with Crippen LogP contribution in [0.3, 0.4) is 0 Å². The average molecular weight is 482 g/mol. The Bertz CT molecular complexity index is 1390. The van der Waals surface area contributed by atoms with E-state index in [9.17, 15) is 4.21 Å². The number of benzene rings is 1. The molecule has 4 aromatic rings. The molecule has 1 aliphatic heterocycles. The second-order valence-corrected chi connectivity index (χ2v) is 11.1. The van der Waals surface area contributed by atoms with Crippen LogP contribution in [0.25, 0.3) is 22.2 Å². The molecule has 8 nitrogen and oxygen atoms in total. The van der Waals surface area contributed by atoms with Gasteiger partial charge in [-0.15, -0.1) is 0 Å². The molecule has 0 amide bonds. The first-order valence-electron chi connectivity index (χ1n) is 10.7. The van der Waals surface area contributed by atoms with Crippen molar-refractivity contribution < 1.29 is 4.21 Å². The van der Waals surface area contributed by atoms with Gasteiger partial charge in [0.05, 0.1) is 28.8 Å². The van der Waals surface area contributed by atoms with Crippen LogP contribution in [0, 0.1) is 4.78 Å². The molecule has 0 spiro atoms. The number of hydrogen-bond donors (Lipinski definition) is 3. The van der Waals surface area contributed by atoms with Crippen molar-refractivity contribution >= 4 is 49.7 Å². The molecule has 1 unspecified atom stereocenters.